The molecule has 2 aliphatic rings. The van der Waals surface area contributed by atoms with E-state index in [4.69, 9.17) is 23.4 Å². The second-order valence-corrected chi connectivity index (χ2v) is 5.12. The van der Waals surface area contributed by atoms with E-state index in [0.29, 0.717) is 0 Å². The summed E-state index contributed by atoms with van der Waals surface area (Å²) < 4.78 is 37.2. The Labute approximate surface area is 135 Å². The Bertz CT molecular complexity index is 487. The molecular formula is C12H22O11. The van der Waals surface area contributed by atoms with Crippen LogP contribution in [0.3, 0.4) is 0 Å². The molecule has 0 aromatic carbocycles. The lowest BCUT2D eigenvalue weighted by Gasteiger charge is -2.44. The minimum atomic E-state index is -3.21. The van der Waals surface area contributed by atoms with Crippen molar-refractivity contribution in [1.29, 1.82) is 0 Å². The molecule has 1 unspecified atom stereocenters. The number of aliphatic hydroxyl groups excluding tert-OH is 6. The fraction of sp³-hybridized carbons (Fsp3) is 1.00. The quantitative estimate of drug-likeness (QED) is 0.243. The van der Waals surface area contributed by atoms with Crippen LogP contribution >= 0.6 is 0 Å². The summed E-state index contributed by atoms with van der Waals surface area (Å²) in [6.07, 6.45) is -22.1. The number of hydrogen-bond donors (Lipinski definition) is 8. The Balaban J connectivity index is 2.24. The third kappa shape index (κ3) is 3.65. The van der Waals surface area contributed by atoms with Crippen LogP contribution in [-0.2, 0) is 14.2 Å². The van der Waals surface area contributed by atoms with E-state index in [1.54, 1.807) is 0 Å². The number of hydrogen-bond acceptors (Lipinski definition) is 11. The summed E-state index contributed by atoms with van der Waals surface area (Å²) in [4.78, 5) is 0. The molecule has 0 aliphatic carbocycles. The van der Waals surface area contributed by atoms with Crippen LogP contribution in [0.1, 0.15) is 4.11 Å². The van der Waals surface area contributed by atoms with Gasteiger partial charge in [0.2, 0.25) is 0 Å². The van der Waals surface area contributed by atoms with Crippen LogP contribution in [0.5, 0.6) is 0 Å². The van der Waals surface area contributed by atoms with E-state index < -0.39 is 74.6 Å². The number of ether oxygens (including phenoxy) is 3. The van der Waals surface area contributed by atoms with Crippen LogP contribution < -0.4 is 0 Å². The number of rotatable bonds is 4. The van der Waals surface area contributed by atoms with Crippen LogP contribution in [0.25, 0.3) is 0 Å². The first-order chi connectivity index (χ1) is 11.9. The predicted molar refractivity (Wildman–Crippen MR) is 68.6 cm³/mol. The average molecular weight is 345 g/mol. The molecule has 0 bridgehead atoms. The molecule has 23 heavy (non-hydrogen) atoms. The summed E-state index contributed by atoms with van der Waals surface area (Å²) >= 11 is 0. The Morgan fingerprint density at radius 3 is 1.96 bits per heavy atom. The van der Waals surface area contributed by atoms with Crippen molar-refractivity contribution in [2.45, 2.75) is 61.4 Å². The first-order valence-electron chi connectivity index (χ1n) is 8.28. The summed E-state index contributed by atoms with van der Waals surface area (Å²) in [5.41, 5.74) is 0. The molecule has 2 rings (SSSR count). The maximum atomic E-state index is 10.0. The molecule has 0 radical (unpaired) electrons. The predicted octanol–water partition coefficient (Wildman–Crippen LogP) is -5.40. The van der Waals surface area contributed by atoms with Gasteiger partial charge in [0, 0.05) is 0 Å². The van der Waals surface area contributed by atoms with Gasteiger partial charge in [0.15, 0.2) is 12.6 Å². The van der Waals surface area contributed by atoms with Crippen LogP contribution in [-0.4, -0.2) is 115 Å². The minimum absolute atomic E-state index is 0.787. The first-order valence-corrected chi connectivity index (χ1v) is 6.70. The van der Waals surface area contributed by atoms with Gasteiger partial charge in [-0.1, -0.05) is 0 Å². The molecule has 0 saturated carbocycles. The molecule has 11 atom stereocenters. The zero-order chi connectivity index (χ0) is 20.0. The highest BCUT2D eigenvalue weighted by atomic mass is 16.8. The molecule has 2 aliphatic heterocycles. The molecule has 0 amide bonds. The van der Waals surface area contributed by atoms with Crippen molar-refractivity contribution >= 4 is 0 Å². The van der Waals surface area contributed by atoms with Crippen LogP contribution in [0.2, 0.25) is 0 Å². The molecule has 0 aromatic rings. The third-order valence-corrected chi connectivity index (χ3v) is 3.61. The zero-order valence-electron chi connectivity index (χ0n) is 14.7. The summed E-state index contributed by atoms with van der Waals surface area (Å²) in [5.74, 6) is 0. The largest absolute Gasteiger partial charge is 0.394 e. The van der Waals surface area contributed by atoms with Gasteiger partial charge in [-0.2, -0.15) is 0 Å². The second kappa shape index (κ2) is 7.63. The van der Waals surface area contributed by atoms with Crippen LogP contribution in [0.15, 0.2) is 0 Å². The molecule has 2 heterocycles. The highest BCUT2D eigenvalue weighted by Gasteiger charge is 2.49. The van der Waals surface area contributed by atoms with Crippen LogP contribution in [0, 0.1) is 0 Å². The van der Waals surface area contributed by atoms with Gasteiger partial charge in [-0.05, 0) is 0 Å². The summed E-state index contributed by atoms with van der Waals surface area (Å²) in [6, 6.07) is 0. The highest BCUT2D eigenvalue weighted by molar-refractivity contribution is 4.92. The smallest absolute Gasteiger partial charge is 0.189 e. The van der Waals surface area contributed by atoms with Gasteiger partial charge in [0.1, 0.15) is 48.8 Å². The molecular weight excluding hydrogens is 320 g/mol. The molecule has 0 aromatic heterocycles. The Kier molecular flexibility index (Phi) is 4.93. The summed E-state index contributed by atoms with van der Waals surface area (Å²) in [5, 5.41) is 77.4. The fourth-order valence-electron chi connectivity index (χ4n) is 2.22. The summed E-state index contributed by atoms with van der Waals surface area (Å²) in [6.45, 7) is -3.06. The first kappa shape index (κ1) is 14.9. The van der Waals surface area contributed by atoms with Crippen molar-refractivity contribution in [3.05, 3.63) is 0 Å². The van der Waals surface area contributed by atoms with E-state index >= 15 is 0 Å². The van der Waals surface area contributed by atoms with E-state index in [-0.39, 0.29) is 0 Å². The van der Waals surface area contributed by atoms with Crippen molar-refractivity contribution in [3.8, 4) is 0 Å². The van der Waals surface area contributed by atoms with Crippen molar-refractivity contribution in [2.24, 2.45) is 0 Å². The minimum Gasteiger partial charge on any atom is -0.394 e. The molecule has 2 fully saturated rings. The summed E-state index contributed by atoms with van der Waals surface area (Å²) in [7, 11) is 0. The highest BCUT2D eigenvalue weighted by Crippen LogP contribution is 2.27. The third-order valence-electron chi connectivity index (χ3n) is 3.61. The van der Waals surface area contributed by atoms with Gasteiger partial charge in [0.25, 0.3) is 0 Å². The van der Waals surface area contributed by atoms with E-state index in [2.05, 4.69) is 0 Å². The lowest BCUT2D eigenvalue weighted by molar-refractivity contribution is -0.376. The van der Waals surface area contributed by atoms with E-state index in [9.17, 15) is 35.7 Å². The molecule has 11 heteroatoms. The lowest BCUT2D eigenvalue weighted by atomic mass is 9.98. The van der Waals surface area contributed by atoms with Crippen molar-refractivity contribution in [2.75, 3.05) is 13.2 Å². The fourth-order valence-corrected chi connectivity index (χ4v) is 2.22. The van der Waals surface area contributed by atoms with E-state index in [0.717, 1.165) is 0 Å². The van der Waals surface area contributed by atoms with Gasteiger partial charge in [-0.3, -0.25) is 0 Å². The maximum Gasteiger partial charge on any atom is 0.189 e. The average Bonchev–Trinajstić information content (AvgIpc) is 2.55. The molecule has 8 N–H and O–H groups in total. The van der Waals surface area contributed by atoms with Crippen LogP contribution in [0.4, 0.5) is 0 Å². The molecule has 11 nitrogen and oxygen atoms in total. The Morgan fingerprint density at radius 1 is 0.783 bits per heavy atom. The standard InChI is InChI=1S/C12H22O11/c13-1-3-5(15)7(17)9(19)11(21-3)23-12-10(20)8(18)6(16)4(2-14)22-12/h3-20H,1-2H2/t3-,4-,5-,6-,7+,8+,9-,10-,11-,12-/m1/s1/i1D,5D,9D/t1?,3-,4-,5-,6-,7+,8+,9-,10-,11-,12-. The van der Waals surface area contributed by atoms with Crippen molar-refractivity contribution in [1.82, 2.24) is 0 Å². The second-order valence-electron chi connectivity index (χ2n) is 5.12. The van der Waals surface area contributed by atoms with Crippen molar-refractivity contribution < 1.29 is 59.2 Å². The lowest BCUT2D eigenvalue weighted by Crippen LogP contribution is -2.63. The monoisotopic (exact) mass is 345 g/mol. The molecule has 0 spiro atoms. The Morgan fingerprint density at radius 2 is 1.39 bits per heavy atom. The topological polar surface area (TPSA) is 190 Å². The van der Waals surface area contributed by atoms with Gasteiger partial charge in [-0.25, -0.2) is 0 Å². The Hall–Kier alpha value is -0.440. The maximum absolute atomic E-state index is 10.0. The van der Waals surface area contributed by atoms with Gasteiger partial charge >= 0.3 is 0 Å². The van der Waals surface area contributed by atoms with Gasteiger partial charge in [0.05, 0.1) is 17.3 Å². The van der Waals surface area contributed by atoms with Gasteiger partial charge < -0.3 is 55.1 Å². The number of aliphatic hydroxyl groups is 8. The van der Waals surface area contributed by atoms with E-state index in [1.807, 2.05) is 0 Å². The van der Waals surface area contributed by atoms with Gasteiger partial charge in [-0.15, -0.1) is 0 Å². The molecule has 136 valence electrons. The zero-order valence-corrected chi connectivity index (χ0v) is 11.7. The van der Waals surface area contributed by atoms with Crippen molar-refractivity contribution in [3.63, 3.8) is 0 Å². The molecule has 2 saturated heterocycles. The SMILES string of the molecule is [2H]C(O)[C@H]1O[C@H](O[C@H]2O[C@H](CO)[C@@H](O)[C@H](O)[C@H]2O)[C@]([2H])(O)[C@@H](O)[C@]1([2H])O. The van der Waals surface area contributed by atoms with E-state index in [1.165, 1.54) is 0 Å². The normalized spacial score (nSPS) is 61.3.